The number of hydrogen-bond acceptors (Lipinski definition) is 4. The van der Waals surface area contributed by atoms with Gasteiger partial charge in [-0.25, -0.2) is 0 Å². The maximum absolute atomic E-state index is 12.1. The largest absolute Gasteiger partial charge is 0.382 e. The third-order valence-electron chi connectivity index (χ3n) is 5.67. The summed E-state index contributed by atoms with van der Waals surface area (Å²) in [6.45, 7) is 3.40. The van der Waals surface area contributed by atoms with Gasteiger partial charge in [0.15, 0.2) is 0 Å². The molecular formula is C22H26N2O3. The summed E-state index contributed by atoms with van der Waals surface area (Å²) in [5.74, 6) is 0.309. The highest BCUT2D eigenvalue weighted by Crippen LogP contribution is 2.34. The molecule has 0 amide bonds. The van der Waals surface area contributed by atoms with Gasteiger partial charge >= 0.3 is 0 Å². The minimum atomic E-state index is 0.0304. The molecule has 1 aliphatic heterocycles. The third-order valence-corrected chi connectivity index (χ3v) is 5.67. The average Bonchev–Trinajstić information content (AvgIpc) is 2.66. The van der Waals surface area contributed by atoms with Gasteiger partial charge in [0.25, 0.3) is 5.56 Å². The molecule has 1 aromatic carbocycles. The Hall–Kier alpha value is -2.40. The number of carbonyl (C=O) groups is 1. The van der Waals surface area contributed by atoms with E-state index in [0.717, 1.165) is 60.4 Å². The number of nitrogens with one attached hydrogen (secondary N) is 1. The molecule has 0 radical (unpaired) electrons. The van der Waals surface area contributed by atoms with Gasteiger partial charge in [0, 0.05) is 56.6 Å². The lowest BCUT2D eigenvalue weighted by Gasteiger charge is -2.28. The Morgan fingerprint density at radius 3 is 2.59 bits per heavy atom. The second kappa shape index (κ2) is 7.31. The van der Waals surface area contributed by atoms with Crippen LogP contribution in [0.4, 0.5) is 5.69 Å². The highest BCUT2D eigenvalue weighted by molar-refractivity contribution is 5.87. The van der Waals surface area contributed by atoms with E-state index in [9.17, 15) is 9.59 Å². The fourth-order valence-corrected chi connectivity index (χ4v) is 4.12. The predicted octanol–water partition coefficient (Wildman–Crippen LogP) is 3.01. The first-order valence-corrected chi connectivity index (χ1v) is 9.70. The molecule has 2 aliphatic rings. The van der Waals surface area contributed by atoms with Gasteiger partial charge < -0.3 is 14.6 Å². The topological polar surface area (TPSA) is 60.3 Å². The van der Waals surface area contributed by atoms with Crippen molar-refractivity contribution >= 4 is 11.5 Å². The van der Waals surface area contributed by atoms with Gasteiger partial charge in [0.05, 0.1) is 0 Å². The van der Waals surface area contributed by atoms with Gasteiger partial charge in [-0.3, -0.25) is 9.59 Å². The van der Waals surface area contributed by atoms with E-state index in [0.29, 0.717) is 24.7 Å². The lowest BCUT2D eigenvalue weighted by atomic mass is 9.86. The van der Waals surface area contributed by atoms with Crippen LogP contribution in [0.25, 0.3) is 11.1 Å². The quantitative estimate of drug-likeness (QED) is 0.907. The van der Waals surface area contributed by atoms with E-state index >= 15 is 0 Å². The van der Waals surface area contributed by atoms with Crippen LogP contribution < -0.4 is 10.9 Å². The Bertz CT molecular complexity index is 913. The number of anilines is 1. The predicted molar refractivity (Wildman–Crippen MR) is 106 cm³/mol. The number of aromatic nitrogens is 1. The number of Topliss-reactive ketones (excluding diaryl/α,β-unsaturated/α-hetero) is 1. The number of pyridine rings is 1. The zero-order valence-corrected chi connectivity index (χ0v) is 16.0. The van der Waals surface area contributed by atoms with E-state index in [-0.39, 0.29) is 5.56 Å². The molecule has 1 aliphatic carbocycles. The van der Waals surface area contributed by atoms with Crippen molar-refractivity contribution < 1.29 is 9.53 Å². The van der Waals surface area contributed by atoms with E-state index in [1.165, 1.54) is 5.56 Å². The Labute approximate surface area is 159 Å². The first kappa shape index (κ1) is 18.0. The molecular weight excluding hydrogens is 340 g/mol. The van der Waals surface area contributed by atoms with E-state index in [4.69, 9.17) is 4.74 Å². The van der Waals surface area contributed by atoms with Crippen LogP contribution in [0.2, 0.25) is 0 Å². The van der Waals surface area contributed by atoms with Crippen molar-refractivity contribution in [1.82, 2.24) is 4.57 Å². The molecule has 2 aromatic rings. The zero-order chi connectivity index (χ0) is 19.0. The normalized spacial score (nSPS) is 17.6. The monoisotopic (exact) mass is 366 g/mol. The van der Waals surface area contributed by atoms with Crippen molar-refractivity contribution in [2.45, 2.75) is 45.1 Å². The van der Waals surface area contributed by atoms with Gasteiger partial charge in [-0.2, -0.15) is 0 Å². The molecule has 0 saturated carbocycles. The fraction of sp³-hybridized carbons (Fsp3) is 0.455. The molecule has 2 heterocycles. The van der Waals surface area contributed by atoms with Gasteiger partial charge in [0.2, 0.25) is 0 Å². The SMILES string of the molecule is Cc1cc(-c2cc3c(c(NC4CCOCC4)c2)CC(=O)CC3)cn(C)c1=O. The molecule has 1 aromatic heterocycles. The smallest absolute Gasteiger partial charge is 0.253 e. The van der Waals surface area contributed by atoms with Gasteiger partial charge in [-0.1, -0.05) is 6.07 Å². The number of rotatable bonds is 3. The maximum atomic E-state index is 12.1. The number of aryl methyl sites for hydroxylation is 3. The molecule has 1 fully saturated rings. The summed E-state index contributed by atoms with van der Waals surface area (Å²) < 4.78 is 7.11. The van der Waals surface area contributed by atoms with Crippen LogP contribution in [0.3, 0.4) is 0 Å². The Morgan fingerprint density at radius 1 is 1.07 bits per heavy atom. The summed E-state index contributed by atoms with van der Waals surface area (Å²) in [6.07, 6.45) is 5.75. The van der Waals surface area contributed by atoms with Crippen LogP contribution in [-0.2, 0) is 29.4 Å². The molecule has 1 N–H and O–H groups in total. The van der Waals surface area contributed by atoms with Gasteiger partial charge in [-0.05, 0) is 60.6 Å². The van der Waals surface area contributed by atoms with Crippen LogP contribution in [-0.4, -0.2) is 29.6 Å². The number of hydrogen-bond donors (Lipinski definition) is 1. The molecule has 0 bridgehead atoms. The second-order valence-corrected chi connectivity index (χ2v) is 7.74. The Balaban J connectivity index is 1.78. The molecule has 142 valence electrons. The van der Waals surface area contributed by atoms with Crippen molar-refractivity contribution in [2.24, 2.45) is 7.05 Å². The minimum Gasteiger partial charge on any atom is -0.382 e. The Morgan fingerprint density at radius 2 is 1.85 bits per heavy atom. The van der Waals surface area contributed by atoms with Crippen LogP contribution in [0.5, 0.6) is 0 Å². The molecule has 5 nitrogen and oxygen atoms in total. The fourth-order valence-electron chi connectivity index (χ4n) is 4.12. The number of ether oxygens (including phenoxy) is 1. The van der Waals surface area contributed by atoms with Crippen molar-refractivity contribution in [3.8, 4) is 11.1 Å². The van der Waals surface area contributed by atoms with Crippen LogP contribution >= 0.6 is 0 Å². The molecule has 1 saturated heterocycles. The highest BCUT2D eigenvalue weighted by atomic mass is 16.5. The summed E-state index contributed by atoms with van der Waals surface area (Å²) in [4.78, 5) is 24.1. The maximum Gasteiger partial charge on any atom is 0.253 e. The highest BCUT2D eigenvalue weighted by Gasteiger charge is 2.22. The second-order valence-electron chi connectivity index (χ2n) is 7.74. The summed E-state index contributed by atoms with van der Waals surface area (Å²) >= 11 is 0. The average molecular weight is 366 g/mol. The van der Waals surface area contributed by atoms with E-state index in [2.05, 4.69) is 17.4 Å². The van der Waals surface area contributed by atoms with Crippen LogP contribution in [0.1, 0.15) is 36.0 Å². The third kappa shape index (κ3) is 3.69. The number of fused-ring (bicyclic) bond motifs is 1. The van der Waals surface area contributed by atoms with Crippen LogP contribution in [0.15, 0.2) is 29.2 Å². The van der Waals surface area contributed by atoms with Crippen molar-refractivity contribution in [2.75, 3.05) is 18.5 Å². The standard InChI is InChI=1S/C22H26N2O3/c1-14-9-17(13-24(2)22(14)26)16-10-15-3-4-19(25)12-20(15)21(11-16)23-18-5-7-27-8-6-18/h9-11,13,18,23H,3-8,12H2,1-2H3. The molecule has 0 atom stereocenters. The van der Waals surface area contributed by atoms with Gasteiger partial charge in [-0.15, -0.1) is 0 Å². The van der Waals surface area contributed by atoms with E-state index < -0.39 is 0 Å². The lowest BCUT2D eigenvalue weighted by molar-refractivity contribution is -0.118. The van der Waals surface area contributed by atoms with Gasteiger partial charge in [0.1, 0.15) is 5.78 Å². The van der Waals surface area contributed by atoms with Crippen LogP contribution in [0, 0.1) is 6.92 Å². The first-order valence-electron chi connectivity index (χ1n) is 9.70. The lowest BCUT2D eigenvalue weighted by Crippen LogP contribution is -2.29. The van der Waals surface area contributed by atoms with E-state index in [1.54, 1.807) is 11.6 Å². The molecule has 27 heavy (non-hydrogen) atoms. The zero-order valence-electron chi connectivity index (χ0n) is 16.0. The number of benzene rings is 1. The molecule has 5 heteroatoms. The summed E-state index contributed by atoms with van der Waals surface area (Å²) in [5, 5.41) is 3.68. The number of ketones is 1. The summed E-state index contributed by atoms with van der Waals surface area (Å²) in [6, 6.07) is 6.66. The van der Waals surface area contributed by atoms with Crippen molar-refractivity contribution in [3.63, 3.8) is 0 Å². The molecule has 0 unspecified atom stereocenters. The first-order chi connectivity index (χ1) is 13.0. The molecule has 4 rings (SSSR count). The van der Waals surface area contributed by atoms with E-state index in [1.807, 2.05) is 19.2 Å². The summed E-state index contributed by atoms with van der Waals surface area (Å²) in [5.41, 5.74) is 6.34. The van der Waals surface area contributed by atoms with Crippen molar-refractivity contribution in [3.05, 3.63) is 51.4 Å². The number of nitrogens with zero attached hydrogens (tertiary/aromatic N) is 1. The Kier molecular flexibility index (Phi) is 4.87. The van der Waals surface area contributed by atoms with Crippen molar-refractivity contribution in [1.29, 1.82) is 0 Å². The number of carbonyl (C=O) groups excluding carboxylic acids is 1. The summed E-state index contributed by atoms with van der Waals surface area (Å²) in [7, 11) is 1.79. The minimum absolute atomic E-state index is 0.0304. The molecule has 0 spiro atoms.